The van der Waals surface area contributed by atoms with Crippen molar-refractivity contribution in [1.82, 2.24) is 4.57 Å². The smallest absolute Gasteiger partial charge is 0.0619 e. The third-order valence-electron chi connectivity index (χ3n) is 17.0. The molecule has 356 valence electrons. The number of hydrogen-bond donors (Lipinski definition) is 0. The molecule has 2 heteroatoms. The molecule has 74 heavy (non-hydrogen) atoms. The van der Waals surface area contributed by atoms with E-state index in [1.165, 1.54) is 131 Å². The van der Waals surface area contributed by atoms with Crippen molar-refractivity contribution in [3.05, 3.63) is 275 Å². The van der Waals surface area contributed by atoms with Crippen molar-refractivity contribution in [3.63, 3.8) is 0 Å². The summed E-state index contributed by atoms with van der Waals surface area (Å²) in [5.74, 6) is 0.583. The number of anilines is 3. The van der Waals surface area contributed by atoms with Crippen molar-refractivity contribution in [2.75, 3.05) is 4.90 Å². The number of para-hydroxylation sites is 5. The molecule has 0 aliphatic heterocycles. The van der Waals surface area contributed by atoms with E-state index in [1.807, 2.05) is 0 Å². The normalized spacial score (nSPS) is 16.1. The third kappa shape index (κ3) is 7.07. The first-order valence-electron chi connectivity index (χ1n) is 26.9. The van der Waals surface area contributed by atoms with Crippen LogP contribution in [-0.4, -0.2) is 4.57 Å². The van der Waals surface area contributed by atoms with Crippen molar-refractivity contribution >= 4 is 50.5 Å². The highest BCUT2D eigenvalue weighted by molar-refractivity contribution is 6.14. The highest BCUT2D eigenvalue weighted by Crippen LogP contribution is 2.56. The van der Waals surface area contributed by atoms with Gasteiger partial charge < -0.3 is 9.47 Å². The van der Waals surface area contributed by atoms with Gasteiger partial charge in [-0.15, -0.1) is 0 Å². The van der Waals surface area contributed by atoms with Gasteiger partial charge >= 0.3 is 0 Å². The van der Waals surface area contributed by atoms with Gasteiger partial charge in [-0.3, -0.25) is 0 Å². The first-order chi connectivity index (χ1) is 36.6. The molecule has 1 aromatic heterocycles. The summed E-state index contributed by atoms with van der Waals surface area (Å²) < 4.78 is 2.46. The molecule has 0 radical (unpaired) electrons. The zero-order chi connectivity index (χ0) is 49.2. The first kappa shape index (κ1) is 44.3. The fourth-order valence-electron chi connectivity index (χ4n) is 13.6. The molecular formula is C72H58N2. The lowest BCUT2D eigenvalue weighted by atomic mass is 9.74. The molecule has 10 aromatic carbocycles. The maximum atomic E-state index is 2.60. The molecule has 1 saturated carbocycles. The van der Waals surface area contributed by atoms with E-state index in [1.54, 1.807) is 5.56 Å². The second-order valence-electron chi connectivity index (χ2n) is 20.9. The van der Waals surface area contributed by atoms with Crippen molar-refractivity contribution < 1.29 is 0 Å². The number of benzene rings is 10. The Morgan fingerprint density at radius 1 is 0.486 bits per heavy atom. The molecule has 3 aliphatic rings. The summed E-state index contributed by atoms with van der Waals surface area (Å²) >= 11 is 0. The number of hydrogen-bond acceptors (Lipinski definition) is 1. The van der Waals surface area contributed by atoms with Gasteiger partial charge in [-0.05, 0) is 142 Å². The summed E-state index contributed by atoms with van der Waals surface area (Å²) in [5, 5.41) is 5.36. The van der Waals surface area contributed by atoms with Crippen LogP contribution >= 0.6 is 0 Å². The van der Waals surface area contributed by atoms with E-state index >= 15 is 0 Å². The molecule has 0 spiro atoms. The van der Waals surface area contributed by atoms with E-state index in [-0.39, 0.29) is 5.41 Å². The molecule has 11 aromatic rings. The van der Waals surface area contributed by atoms with Gasteiger partial charge in [0.2, 0.25) is 0 Å². The lowest BCUT2D eigenvalue weighted by Gasteiger charge is -2.32. The van der Waals surface area contributed by atoms with E-state index in [0.29, 0.717) is 5.92 Å². The van der Waals surface area contributed by atoms with Gasteiger partial charge in [0.1, 0.15) is 0 Å². The fraction of sp³-hybridized carbons (Fsp3) is 0.139. The minimum atomic E-state index is -0.319. The predicted molar refractivity (Wildman–Crippen MR) is 311 cm³/mol. The van der Waals surface area contributed by atoms with Gasteiger partial charge in [0.15, 0.2) is 0 Å². The van der Waals surface area contributed by atoms with Crippen molar-refractivity contribution in [3.8, 4) is 39.1 Å². The molecule has 0 bridgehead atoms. The highest BCUT2D eigenvalue weighted by Gasteiger charge is 2.42. The van der Waals surface area contributed by atoms with Gasteiger partial charge in [0.25, 0.3) is 0 Å². The summed E-state index contributed by atoms with van der Waals surface area (Å²) in [6.45, 7) is 2.42. The van der Waals surface area contributed by atoms with Gasteiger partial charge in [-0.2, -0.15) is 0 Å². The Hall–Kier alpha value is -8.46. The number of rotatable bonds is 9. The second kappa shape index (κ2) is 18.2. The van der Waals surface area contributed by atoms with E-state index in [2.05, 4.69) is 259 Å². The summed E-state index contributed by atoms with van der Waals surface area (Å²) in [7, 11) is 0. The Balaban J connectivity index is 1.04. The zero-order valence-corrected chi connectivity index (χ0v) is 42.0. The molecule has 3 aliphatic carbocycles. The Bertz CT molecular complexity index is 4080. The molecule has 1 heterocycles. The molecule has 1 fully saturated rings. The van der Waals surface area contributed by atoms with E-state index in [9.17, 15) is 0 Å². The van der Waals surface area contributed by atoms with Crippen LogP contribution in [0.15, 0.2) is 237 Å². The first-order valence-corrected chi connectivity index (χ1v) is 26.9. The zero-order valence-electron chi connectivity index (χ0n) is 42.0. The Morgan fingerprint density at radius 3 is 1.95 bits per heavy atom. The van der Waals surface area contributed by atoms with Crippen LogP contribution < -0.4 is 15.3 Å². The van der Waals surface area contributed by atoms with Crippen LogP contribution in [-0.2, 0) is 5.41 Å². The summed E-state index contributed by atoms with van der Waals surface area (Å²) in [6.07, 6.45) is 11.0. The minimum Gasteiger partial charge on any atom is -0.309 e. The van der Waals surface area contributed by atoms with Crippen LogP contribution in [0, 0.1) is 0 Å². The van der Waals surface area contributed by atoms with Crippen molar-refractivity contribution in [2.24, 2.45) is 0 Å². The summed E-state index contributed by atoms with van der Waals surface area (Å²) in [6, 6.07) is 88.9. The average molecular weight is 951 g/mol. The average Bonchev–Trinajstić information content (AvgIpc) is 3.97. The molecule has 0 amide bonds. The van der Waals surface area contributed by atoms with Crippen LogP contribution in [0.5, 0.6) is 0 Å². The largest absolute Gasteiger partial charge is 0.309 e. The molecule has 0 N–H and O–H groups in total. The standard InChI is InChI=1S/C72H58N2/c1-72(52-29-7-3-8-30-52)64-43-15-11-37-63(64)70-61(41-23-44-65(70)72)58-35-13-17-46-67(58)73(66-45-16-12-34-57(66)60-40-21-27-50-26-20-38-55(69(50)60)49-24-5-2-6-25-49)54-33-19-28-51(48-54)56-39-22-42-62-59-36-14-18-47-68(59)74(71(56)62)53-31-9-4-10-32-53/h3-4,7-20,22-23,26-39,41-49H,2,5-6,21,24-25,40H2,1H3. The van der Waals surface area contributed by atoms with Crippen LogP contribution in [0.25, 0.3) is 72.5 Å². The highest BCUT2D eigenvalue weighted by atomic mass is 15.1. The molecule has 14 rings (SSSR count). The van der Waals surface area contributed by atoms with E-state index in [0.717, 1.165) is 29.9 Å². The minimum absolute atomic E-state index is 0.319. The molecular weight excluding hydrogens is 893 g/mol. The summed E-state index contributed by atoms with van der Waals surface area (Å²) in [4.78, 5) is 2.60. The quantitative estimate of drug-likeness (QED) is 0.140. The van der Waals surface area contributed by atoms with Crippen LogP contribution in [0.1, 0.15) is 85.6 Å². The van der Waals surface area contributed by atoms with Gasteiger partial charge in [0, 0.05) is 44.3 Å². The Labute approximate surface area is 434 Å². The van der Waals surface area contributed by atoms with E-state index < -0.39 is 0 Å². The Morgan fingerprint density at radius 2 is 1.11 bits per heavy atom. The SMILES string of the molecule is CC1(c2ccccc2)c2ccccc2-c2c(-c3ccccc3N(c3cccc(-c4cccc5c6ccccc6n(-c6ccccc6)c45)c3)c3ccccc3C3=c4c(C5CCCCC5)cccc4=CCC3)cccc21. The van der Waals surface area contributed by atoms with Crippen molar-refractivity contribution in [2.45, 2.75) is 63.2 Å². The second-order valence-corrected chi connectivity index (χ2v) is 20.9. The fourth-order valence-corrected chi connectivity index (χ4v) is 13.6. The number of fused-ring (bicyclic) bond motifs is 7. The lowest BCUT2D eigenvalue weighted by Crippen LogP contribution is -2.35. The van der Waals surface area contributed by atoms with Crippen LogP contribution in [0.4, 0.5) is 17.1 Å². The Kier molecular flexibility index (Phi) is 10.9. The maximum absolute atomic E-state index is 2.60. The summed E-state index contributed by atoms with van der Waals surface area (Å²) in [5.41, 5.74) is 22.4. The van der Waals surface area contributed by atoms with Crippen LogP contribution in [0.2, 0.25) is 0 Å². The van der Waals surface area contributed by atoms with Crippen LogP contribution in [0.3, 0.4) is 0 Å². The third-order valence-corrected chi connectivity index (χ3v) is 17.0. The van der Waals surface area contributed by atoms with Crippen molar-refractivity contribution in [1.29, 1.82) is 0 Å². The number of aromatic nitrogens is 1. The van der Waals surface area contributed by atoms with Gasteiger partial charge in [0.05, 0.1) is 22.4 Å². The molecule has 1 unspecified atom stereocenters. The molecule has 1 atom stereocenters. The van der Waals surface area contributed by atoms with Gasteiger partial charge in [-0.1, -0.05) is 219 Å². The topological polar surface area (TPSA) is 8.17 Å². The molecule has 0 saturated heterocycles. The number of nitrogens with zero attached hydrogens (tertiary/aromatic N) is 2. The predicted octanol–water partition coefficient (Wildman–Crippen LogP) is 17.7. The van der Waals surface area contributed by atoms with Gasteiger partial charge in [-0.25, -0.2) is 0 Å². The maximum Gasteiger partial charge on any atom is 0.0619 e. The lowest BCUT2D eigenvalue weighted by molar-refractivity contribution is 0.442. The monoisotopic (exact) mass is 950 g/mol. The van der Waals surface area contributed by atoms with E-state index in [4.69, 9.17) is 0 Å². The molecule has 2 nitrogen and oxygen atoms in total.